The Morgan fingerprint density at radius 2 is 1.19 bits per heavy atom. The minimum absolute atomic E-state index is 0.0795. The van der Waals surface area contributed by atoms with Crippen LogP contribution in [0.25, 0.3) is 5.70 Å². The molecule has 2 heteroatoms. The first-order valence-corrected chi connectivity index (χ1v) is 17.5. The summed E-state index contributed by atoms with van der Waals surface area (Å²) in [6.07, 6.45) is 0. The van der Waals surface area contributed by atoms with Crippen LogP contribution in [0, 0.1) is 20.8 Å². The molecule has 1 aliphatic carbocycles. The smallest absolute Gasteiger partial charge is 0.0538 e. The number of allylic oxidation sites excluding steroid dienone is 1. The summed E-state index contributed by atoms with van der Waals surface area (Å²) in [5.74, 6) is 0. The molecule has 48 heavy (non-hydrogen) atoms. The van der Waals surface area contributed by atoms with Gasteiger partial charge in [0.05, 0.1) is 22.8 Å². The molecule has 1 aliphatic heterocycles. The van der Waals surface area contributed by atoms with Gasteiger partial charge in [-0.05, 0) is 114 Å². The van der Waals surface area contributed by atoms with Gasteiger partial charge < -0.3 is 9.80 Å². The molecule has 0 atom stereocenters. The van der Waals surface area contributed by atoms with E-state index in [4.69, 9.17) is 0 Å². The molecule has 244 valence electrons. The molecular weight excluding hydrogens is 581 g/mol. The van der Waals surface area contributed by atoms with Crippen LogP contribution in [-0.2, 0) is 16.2 Å². The molecule has 0 aromatic heterocycles. The fraction of sp³-hybridized carbons (Fsp3) is 0.304. The van der Waals surface area contributed by atoms with Crippen molar-refractivity contribution in [3.8, 4) is 0 Å². The molecule has 0 radical (unpaired) electrons. The molecule has 0 amide bonds. The number of nitrogens with zero attached hydrogens (tertiary/aromatic N) is 2. The summed E-state index contributed by atoms with van der Waals surface area (Å²) >= 11 is 0. The van der Waals surface area contributed by atoms with Crippen LogP contribution in [0.15, 0.2) is 109 Å². The highest BCUT2D eigenvalue weighted by Crippen LogP contribution is 2.58. The maximum atomic E-state index is 2.61. The van der Waals surface area contributed by atoms with Gasteiger partial charge in [-0.25, -0.2) is 0 Å². The zero-order chi connectivity index (χ0) is 34.3. The minimum Gasteiger partial charge on any atom is -0.310 e. The molecule has 0 N–H and O–H groups in total. The average Bonchev–Trinajstić information content (AvgIpc) is 3.19. The molecule has 5 aromatic rings. The largest absolute Gasteiger partial charge is 0.310 e. The van der Waals surface area contributed by atoms with Crippen LogP contribution in [0.2, 0.25) is 0 Å². The van der Waals surface area contributed by atoms with Crippen LogP contribution in [0.5, 0.6) is 0 Å². The first-order chi connectivity index (χ1) is 22.6. The lowest BCUT2D eigenvalue weighted by atomic mass is 9.74. The first kappa shape index (κ1) is 32.0. The second kappa shape index (κ2) is 11.0. The summed E-state index contributed by atoms with van der Waals surface area (Å²) in [5, 5.41) is 0. The van der Waals surface area contributed by atoms with E-state index in [1.165, 1.54) is 84.2 Å². The van der Waals surface area contributed by atoms with Gasteiger partial charge >= 0.3 is 0 Å². The SMILES string of the molecule is CC1=C2c3c(cccc3C(C)(C)c3ccccc3N2c2cc(C)cc(N(c3ccc(C(C)(C)C)cc3)c3ccccc3C)c2C)C1(C)C. The van der Waals surface area contributed by atoms with Gasteiger partial charge in [0.1, 0.15) is 0 Å². The van der Waals surface area contributed by atoms with Gasteiger partial charge in [0.2, 0.25) is 0 Å². The predicted octanol–water partition coefficient (Wildman–Crippen LogP) is 12.9. The van der Waals surface area contributed by atoms with E-state index in [1.54, 1.807) is 0 Å². The third-order valence-corrected chi connectivity index (χ3v) is 11.3. The summed E-state index contributed by atoms with van der Waals surface area (Å²) in [4.78, 5) is 5.08. The van der Waals surface area contributed by atoms with Gasteiger partial charge in [-0.3, -0.25) is 0 Å². The lowest BCUT2D eigenvalue weighted by Gasteiger charge is -2.35. The van der Waals surface area contributed by atoms with Crippen molar-refractivity contribution in [2.45, 2.75) is 92.4 Å². The molecule has 0 bridgehead atoms. The van der Waals surface area contributed by atoms with Gasteiger partial charge in [-0.1, -0.05) is 115 Å². The van der Waals surface area contributed by atoms with Crippen molar-refractivity contribution >= 4 is 34.1 Å². The standard InChI is InChI=1S/C46H50N2/c1-29-27-40(47(38-21-14-12-17-30(38)2)34-25-23-33(24-26-34)44(5,6)7)31(3)41(28-29)48-39-22-15-13-18-35(39)46(10,11)37-20-16-19-36-42(37)43(48)32(4)45(36,8)9/h12-28H,1-11H3. The number of aryl methyl sites for hydroxylation is 2. The molecule has 0 fully saturated rings. The quantitative estimate of drug-likeness (QED) is 0.195. The summed E-state index contributed by atoms with van der Waals surface area (Å²) in [5.41, 5.74) is 19.3. The minimum atomic E-state index is -0.175. The van der Waals surface area contributed by atoms with Crippen molar-refractivity contribution in [2.24, 2.45) is 0 Å². The second-order valence-corrected chi connectivity index (χ2v) is 16.2. The maximum absolute atomic E-state index is 2.61. The molecule has 2 aliphatic rings. The Labute approximate surface area is 288 Å². The molecule has 0 saturated heterocycles. The number of anilines is 5. The maximum Gasteiger partial charge on any atom is 0.0538 e. The van der Waals surface area contributed by atoms with Crippen LogP contribution >= 0.6 is 0 Å². The van der Waals surface area contributed by atoms with Gasteiger partial charge in [-0.15, -0.1) is 0 Å². The topological polar surface area (TPSA) is 6.48 Å². The number of para-hydroxylation sites is 2. The van der Waals surface area contributed by atoms with Crippen LogP contribution in [0.1, 0.15) is 99.9 Å². The number of benzene rings is 5. The van der Waals surface area contributed by atoms with E-state index in [9.17, 15) is 0 Å². The summed E-state index contributed by atoms with van der Waals surface area (Å²) in [7, 11) is 0. The zero-order valence-corrected chi connectivity index (χ0v) is 30.7. The Kier molecular flexibility index (Phi) is 7.33. The highest BCUT2D eigenvalue weighted by atomic mass is 15.2. The van der Waals surface area contributed by atoms with E-state index in [0.29, 0.717) is 0 Å². The highest BCUT2D eigenvalue weighted by molar-refractivity contribution is 6.00. The molecule has 0 saturated carbocycles. The Bertz CT molecular complexity index is 2100. The lowest BCUT2D eigenvalue weighted by molar-refractivity contribution is 0.590. The second-order valence-electron chi connectivity index (χ2n) is 16.2. The number of hydrogen-bond acceptors (Lipinski definition) is 2. The number of rotatable bonds is 4. The van der Waals surface area contributed by atoms with Crippen molar-refractivity contribution in [3.05, 3.63) is 153 Å². The van der Waals surface area contributed by atoms with Crippen molar-refractivity contribution in [1.82, 2.24) is 0 Å². The van der Waals surface area contributed by atoms with Crippen LogP contribution in [-0.4, -0.2) is 0 Å². The van der Waals surface area contributed by atoms with E-state index < -0.39 is 0 Å². The first-order valence-electron chi connectivity index (χ1n) is 17.5. The monoisotopic (exact) mass is 630 g/mol. The Morgan fingerprint density at radius 3 is 1.85 bits per heavy atom. The average molecular weight is 631 g/mol. The summed E-state index contributed by atoms with van der Waals surface area (Å²) in [6.45, 7) is 25.6. The van der Waals surface area contributed by atoms with Crippen LogP contribution in [0.3, 0.4) is 0 Å². The Morgan fingerprint density at radius 1 is 0.583 bits per heavy atom. The molecule has 5 aromatic carbocycles. The molecule has 2 nitrogen and oxygen atoms in total. The van der Waals surface area contributed by atoms with Crippen molar-refractivity contribution in [2.75, 3.05) is 9.80 Å². The van der Waals surface area contributed by atoms with Gasteiger partial charge in [0.15, 0.2) is 0 Å². The third kappa shape index (κ3) is 4.75. The molecule has 0 spiro atoms. The number of fused-ring (bicyclic) bond motifs is 1. The van der Waals surface area contributed by atoms with Crippen molar-refractivity contribution < 1.29 is 0 Å². The van der Waals surface area contributed by atoms with E-state index in [2.05, 4.69) is 189 Å². The zero-order valence-electron chi connectivity index (χ0n) is 30.7. The van der Waals surface area contributed by atoms with E-state index in [1.807, 2.05) is 0 Å². The molecular formula is C46H50N2. The van der Waals surface area contributed by atoms with Crippen molar-refractivity contribution in [1.29, 1.82) is 0 Å². The van der Waals surface area contributed by atoms with E-state index in [0.717, 1.165) is 0 Å². The van der Waals surface area contributed by atoms with Gasteiger partial charge in [0, 0.05) is 27.8 Å². The molecule has 0 unspecified atom stereocenters. The lowest BCUT2D eigenvalue weighted by Crippen LogP contribution is -2.23. The van der Waals surface area contributed by atoms with E-state index in [-0.39, 0.29) is 16.2 Å². The summed E-state index contributed by atoms with van der Waals surface area (Å²) < 4.78 is 0. The fourth-order valence-corrected chi connectivity index (χ4v) is 8.14. The fourth-order valence-electron chi connectivity index (χ4n) is 8.14. The van der Waals surface area contributed by atoms with E-state index >= 15 is 0 Å². The molecule has 1 heterocycles. The normalized spacial score (nSPS) is 16.0. The Balaban J connectivity index is 1.54. The van der Waals surface area contributed by atoms with Gasteiger partial charge in [0.25, 0.3) is 0 Å². The third-order valence-electron chi connectivity index (χ3n) is 11.3. The van der Waals surface area contributed by atoms with Gasteiger partial charge in [-0.2, -0.15) is 0 Å². The van der Waals surface area contributed by atoms with Crippen LogP contribution < -0.4 is 9.80 Å². The van der Waals surface area contributed by atoms with Crippen molar-refractivity contribution in [3.63, 3.8) is 0 Å². The summed E-state index contributed by atoms with van der Waals surface area (Å²) in [6, 6.07) is 38.8. The Hall–Kier alpha value is -4.56. The highest BCUT2D eigenvalue weighted by Gasteiger charge is 2.45. The molecule has 7 rings (SSSR count). The number of hydrogen-bond donors (Lipinski definition) is 0. The van der Waals surface area contributed by atoms with Crippen LogP contribution in [0.4, 0.5) is 28.4 Å². The predicted molar refractivity (Wildman–Crippen MR) is 207 cm³/mol.